The van der Waals surface area contributed by atoms with Crippen molar-refractivity contribution in [1.82, 2.24) is 15.5 Å². The fourth-order valence-corrected chi connectivity index (χ4v) is 2.80. The summed E-state index contributed by atoms with van der Waals surface area (Å²) in [5.41, 5.74) is 0.478. The van der Waals surface area contributed by atoms with Crippen molar-refractivity contribution in [2.24, 2.45) is 0 Å². The average Bonchev–Trinajstić information content (AvgIpc) is 2.88. The molecule has 0 saturated carbocycles. The second-order valence-corrected chi connectivity index (χ2v) is 6.02. The van der Waals surface area contributed by atoms with Crippen molar-refractivity contribution in [1.29, 1.82) is 0 Å². The molecule has 0 radical (unpaired) electrons. The molecule has 1 saturated heterocycles. The minimum atomic E-state index is -0.281. The maximum absolute atomic E-state index is 12.0. The summed E-state index contributed by atoms with van der Waals surface area (Å²) in [7, 11) is 1.55. The Bertz CT molecular complexity index is 540. The van der Waals surface area contributed by atoms with E-state index >= 15 is 0 Å². The highest BCUT2D eigenvalue weighted by Gasteiger charge is 2.11. The van der Waals surface area contributed by atoms with E-state index in [1.165, 1.54) is 25.7 Å². The van der Waals surface area contributed by atoms with E-state index in [0.717, 1.165) is 19.6 Å². The van der Waals surface area contributed by atoms with Crippen molar-refractivity contribution in [2.75, 3.05) is 39.8 Å². The van der Waals surface area contributed by atoms with Gasteiger partial charge < -0.3 is 20.3 Å². The van der Waals surface area contributed by atoms with Crippen molar-refractivity contribution >= 4 is 11.8 Å². The zero-order valence-electron chi connectivity index (χ0n) is 14.3. The normalized spacial score (nSPS) is 15.4. The first-order valence-corrected chi connectivity index (χ1v) is 8.60. The van der Waals surface area contributed by atoms with Gasteiger partial charge in [-0.15, -0.1) is 0 Å². The molecule has 0 aliphatic carbocycles. The first-order valence-electron chi connectivity index (χ1n) is 8.60. The van der Waals surface area contributed by atoms with E-state index in [-0.39, 0.29) is 18.4 Å². The molecule has 0 spiro atoms. The van der Waals surface area contributed by atoms with E-state index in [1.54, 1.807) is 31.4 Å². The number of ether oxygens (including phenoxy) is 1. The number of benzene rings is 1. The molecular formula is C18H27N3O3. The van der Waals surface area contributed by atoms with Gasteiger partial charge in [-0.25, -0.2) is 0 Å². The highest BCUT2D eigenvalue weighted by molar-refractivity contribution is 5.96. The Morgan fingerprint density at radius 3 is 2.58 bits per heavy atom. The summed E-state index contributed by atoms with van der Waals surface area (Å²) in [5, 5.41) is 5.49. The van der Waals surface area contributed by atoms with E-state index in [9.17, 15) is 9.59 Å². The summed E-state index contributed by atoms with van der Waals surface area (Å²) in [5.74, 6) is 0.169. The monoisotopic (exact) mass is 333 g/mol. The number of nitrogens with one attached hydrogen (secondary N) is 2. The predicted octanol–water partition coefficient (Wildman–Crippen LogP) is 1.42. The van der Waals surface area contributed by atoms with Gasteiger partial charge in [0.25, 0.3) is 5.91 Å². The molecule has 2 N–H and O–H groups in total. The summed E-state index contributed by atoms with van der Waals surface area (Å²) < 4.78 is 5.09. The van der Waals surface area contributed by atoms with Crippen LogP contribution >= 0.6 is 0 Å². The fraction of sp³-hybridized carbons (Fsp3) is 0.556. The molecule has 1 aromatic carbocycles. The van der Waals surface area contributed by atoms with Crippen LogP contribution in [-0.2, 0) is 4.79 Å². The molecule has 1 fully saturated rings. The minimum Gasteiger partial charge on any atom is -0.497 e. The van der Waals surface area contributed by atoms with Crippen LogP contribution in [0.5, 0.6) is 5.75 Å². The van der Waals surface area contributed by atoms with Crippen molar-refractivity contribution < 1.29 is 14.3 Å². The van der Waals surface area contributed by atoms with Crippen LogP contribution in [0.2, 0.25) is 0 Å². The minimum absolute atomic E-state index is 0.0178. The van der Waals surface area contributed by atoms with Crippen LogP contribution in [0.4, 0.5) is 0 Å². The molecule has 0 bridgehead atoms. The lowest BCUT2D eigenvalue weighted by atomic mass is 10.2. The predicted molar refractivity (Wildman–Crippen MR) is 93.2 cm³/mol. The van der Waals surface area contributed by atoms with Crippen LogP contribution in [-0.4, -0.2) is 56.5 Å². The van der Waals surface area contributed by atoms with Gasteiger partial charge in [0, 0.05) is 18.7 Å². The standard InChI is InChI=1S/C18H27N3O3/c1-24-16-8-6-7-15(13-16)18(23)20-14-17(22)19-9-12-21-10-4-2-3-5-11-21/h6-8,13H,2-5,9-12,14H2,1H3,(H,19,22)(H,20,23). The zero-order valence-corrected chi connectivity index (χ0v) is 14.3. The van der Waals surface area contributed by atoms with Crippen LogP contribution in [0.1, 0.15) is 36.0 Å². The lowest BCUT2D eigenvalue weighted by Crippen LogP contribution is -2.40. The molecule has 1 aliphatic heterocycles. The SMILES string of the molecule is COc1cccc(C(=O)NCC(=O)NCCN2CCCCCC2)c1. The molecule has 6 heteroatoms. The Balaban J connectivity index is 1.65. The molecule has 6 nitrogen and oxygen atoms in total. The second kappa shape index (κ2) is 9.93. The molecule has 24 heavy (non-hydrogen) atoms. The Labute approximate surface area is 143 Å². The van der Waals surface area contributed by atoms with Gasteiger partial charge in [-0.2, -0.15) is 0 Å². The molecule has 0 atom stereocenters. The van der Waals surface area contributed by atoms with E-state index in [1.807, 2.05) is 0 Å². The van der Waals surface area contributed by atoms with Crippen molar-refractivity contribution in [3.05, 3.63) is 29.8 Å². The van der Waals surface area contributed by atoms with Crippen LogP contribution in [0.25, 0.3) is 0 Å². The number of hydrogen-bond acceptors (Lipinski definition) is 4. The Kier molecular flexibility index (Phi) is 7.55. The second-order valence-electron chi connectivity index (χ2n) is 6.02. The first-order chi connectivity index (χ1) is 11.7. The third kappa shape index (κ3) is 6.20. The number of likely N-dealkylation sites (tertiary alicyclic amines) is 1. The van der Waals surface area contributed by atoms with Crippen LogP contribution in [0.3, 0.4) is 0 Å². The van der Waals surface area contributed by atoms with Gasteiger partial charge in [0.2, 0.25) is 5.91 Å². The van der Waals surface area contributed by atoms with Crippen molar-refractivity contribution in [3.63, 3.8) is 0 Å². The Hall–Kier alpha value is -2.08. The van der Waals surface area contributed by atoms with Gasteiger partial charge in [-0.1, -0.05) is 18.9 Å². The highest BCUT2D eigenvalue weighted by atomic mass is 16.5. The van der Waals surface area contributed by atoms with E-state index in [2.05, 4.69) is 15.5 Å². The summed E-state index contributed by atoms with van der Waals surface area (Å²) in [4.78, 5) is 26.3. The highest BCUT2D eigenvalue weighted by Crippen LogP contribution is 2.12. The summed E-state index contributed by atoms with van der Waals surface area (Å²) in [6.45, 7) is 3.70. The molecule has 2 amide bonds. The number of rotatable bonds is 7. The summed E-state index contributed by atoms with van der Waals surface area (Å²) in [6.07, 6.45) is 5.09. The average molecular weight is 333 g/mol. The van der Waals surface area contributed by atoms with Gasteiger partial charge in [0.05, 0.1) is 13.7 Å². The molecule has 1 aliphatic rings. The van der Waals surface area contributed by atoms with E-state index < -0.39 is 0 Å². The van der Waals surface area contributed by atoms with Crippen molar-refractivity contribution in [2.45, 2.75) is 25.7 Å². The van der Waals surface area contributed by atoms with Gasteiger partial charge in [-0.3, -0.25) is 9.59 Å². The number of nitrogens with zero attached hydrogens (tertiary/aromatic N) is 1. The number of carbonyl (C=O) groups is 2. The van der Waals surface area contributed by atoms with Gasteiger partial charge in [-0.05, 0) is 44.1 Å². The third-order valence-corrected chi connectivity index (χ3v) is 4.19. The zero-order chi connectivity index (χ0) is 17.2. The Morgan fingerprint density at radius 1 is 1.12 bits per heavy atom. The fourth-order valence-electron chi connectivity index (χ4n) is 2.80. The largest absolute Gasteiger partial charge is 0.497 e. The summed E-state index contributed by atoms with van der Waals surface area (Å²) >= 11 is 0. The molecular weight excluding hydrogens is 306 g/mol. The maximum atomic E-state index is 12.0. The molecule has 0 aromatic heterocycles. The maximum Gasteiger partial charge on any atom is 0.251 e. The van der Waals surface area contributed by atoms with Gasteiger partial charge in [0.15, 0.2) is 0 Å². The molecule has 2 rings (SSSR count). The lowest BCUT2D eigenvalue weighted by molar-refractivity contribution is -0.120. The van der Waals surface area contributed by atoms with Crippen LogP contribution in [0, 0.1) is 0 Å². The van der Waals surface area contributed by atoms with Crippen LogP contribution < -0.4 is 15.4 Å². The number of carbonyl (C=O) groups excluding carboxylic acids is 2. The molecule has 1 heterocycles. The number of amides is 2. The van der Waals surface area contributed by atoms with Gasteiger partial charge >= 0.3 is 0 Å². The van der Waals surface area contributed by atoms with Crippen LogP contribution in [0.15, 0.2) is 24.3 Å². The Morgan fingerprint density at radius 2 is 1.88 bits per heavy atom. The first kappa shape index (κ1) is 18.3. The smallest absolute Gasteiger partial charge is 0.251 e. The van der Waals surface area contributed by atoms with E-state index in [0.29, 0.717) is 17.9 Å². The number of methoxy groups -OCH3 is 1. The lowest BCUT2D eigenvalue weighted by Gasteiger charge is -2.19. The molecule has 0 unspecified atom stereocenters. The van der Waals surface area contributed by atoms with E-state index in [4.69, 9.17) is 4.74 Å². The topological polar surface area (TPSA) is 70.7 Å². The molecule has 1 aromatic rings. The summed E-state index contributed by atoms with van der Waals surface area (Å²) in [6, 6.07) is 6.85. The quantitative estimate of drug-likeness (QED) is 0.792. The molecule has 132 valence electrons. The van der Waals surface area contributed by atoms with Crippen molar-refractivity contribution in [3.8, 4) is 5.75 Å². The van der Waals surface area contributed by atoms with Gasteiger partial charge in [0.1, 0.15) is 5.75 Å². The number of hydrogen-bond donors (Lipinski definition) is 2. The third-order valence-electron chi connectivity index (χ3n) is 4.19.